The number of nitrogens with one attached hydrogen (secondary N) is 1. The van der Waals surface area contributed by atoms with Crippen molar-refractivity contribution >= 4 is 34.9 Å². The highest BCUT2D eigenvalue weighted by Crippen LogP contribution is 2.37. The highest BCUT2D eigenvalue weighted by atomic mass is 35.5. The number of aromatic nitrogens is 3. The van der Waals surface area contributed by atoms with Gasteiger partial charge in [-0.2, -0.15) is 5.10 Å². The first-order valence-corrected chi connectivity index (χ1v) is 13.0. The normalized spacial score (nSPS) is 15.6. The second kappa shape index (κ2) is 11.7. The molecule has 3 N–H and O–H groups in total. The summed E-state index contributed by atoms with van der Waals surface area (Å²) in [6.45, 7) is 7.71. The molecular weight excluding hydrogens is 518 g/mol. The second-order valence-electron chi connectivity index (χ2n) is 9.56. The zero-order chi connectivity index (χ0) is 26.7. The number of rotatable bonds is 8. The number of nitrogens with zero attached hydrogens (tertiary/aromatic N) is 4. The van der Waals surface area contributed by atoms with E-state index in [2.05, 4.69) is 20.3 Å². The molecule has 11 heteroatoms. The van der Waals surface area contributed by atoms with Crippen LogP contribution in [0.1, 0.15) is 51.3 Å². The smallest absolute Gasteiger partial charge is 0.234 e. The number of ether oxygens (including phenoxy) is 1. The van der Waals surface area contributed by atoms with Gasteiger partial charge in [0.25, 0.3) is 0 Å². The summed E-state index contributed by atoms with van der Waals surface area (Å²) in [5.74, 6) is 0.0102. The number of nitrogens with two attached hydrogens (primary N) is 1. The van der Waals surface area contributed by atoms with E-state index in [0.717, 1.165) is 37.1 Å². The molecule has 1 aliphatic heterocycles. The summed E-state index contributed by atoms with van der Waals surface area (Å²) in [5, 5.41) is 7.73. The third-order valence-electron chi connectivity index (χ3n) is 6.35. The number of halogens is 3. The lowest BCUT2D eigenvalue weighted by Crippen LogP contribution is -2.43. The van der Waals surface area contributed by atoms with E-state index in [9.17, 15) is 9.18 Å². The van der Waals surface area contributed by atoms with Crippen LogP contribution >= 0.6 is 23.2 Å². The monoisotopic (exact) mass is 548 g/mol. The minimum Gasteiger partial charge on any atom is -0.482 e. The average molecular weight is 549 g/mol. The molecule has 1 aromatic carbocycles. The van der Waals surface area contributed by atoms with Gasteiger partial charge in [-0.05, 0) is 51.8 Å². The maximum Gasteiger partial charge on any atom is 0.234 e. The van der Waals surface area contributed by atoms with E-state index >= 15 is 0 Å². The molecule has 1 atom stereocenters. The molecule has 0 aliphatic carbocycles. The highest BCUT2D eigenvalue weighted by molar-refractivity contribution is 6.36. The van der Waals surface area contributed by atoms with Crippen LogP contribution in [0.4, 0.5) is 10.2 Å². The van der Waals surface area contributed by atoms with Crippen LogP contribution in [0.2, 0.25) is 10.0 Å². The molecule has 1 saturated heterocycles. The Balaban J connectivity index is 1.43. The Bertz CT molecular complexity index is 1260. The molecule has 1 fully saturated rings. The van der Waals surface area contributed by atoms with E-state index < -0.39 is 11.9 Å². The van der Waals surface area contributed by atoms with Gasteiger partial charge in [0, 0.05) is 53.2 Å². The minimum absolute atomic E-state index is 0.0555. The van der Waals surface area contributed by atoms with Crippen LogP contribution in [-0.4, -0.2) is 51.2 Å². The predicted molar refractivity (Wildman–Crippen MR) is 143 cm³/mol. The van der Waals surface area contributed by atoms with Crippen molar-refractivity contribution < 1.29 is 13.9 Å². The van der Waals surface area contributed by atoms with Crippen LogP contribution in [0.3, 0.4) is 0 Å². The molecule has 1 amide bonds. The van der Waals surface area contributed by atoms with Crippen LogP contribution in [0, 0.1) is 5.82 Å². The topological polar surface area (TPSA) is 98.3 Å². The van der Waals surface area contributed by atoms with Crippen molar-refractivity contribution in [3.05, 3.63) is 58.2 Å². The molecule has 198 valence electrons. The van der Waals surface area contributed by atoms with Gasteiger partial charge in [-0.25, -0.2) is 9.37 Å². The molecule has 3 aromatic rings. The summed E-state index contributed by atoms with van der Waals surface area (Å²) in [6, 6.07) is 4.81. The van der Waals surface area contributed by atoms with E-state index in [1.807, 2.05) is 24.7 Å². The molecule has 1 unspecified atom stereocenters. The molecule has 2 aromatic heterocycles. The number of likely N-dealkylation sites (tertiary alicyclic amines) is 1. The van der Waals surface area contributed by atoms with Crippen LogP contribution in [0.25, 0.3) is 11.1 Å². The first-order valence-electron chi connectivity index (χ1n) is 12.2. The van der Waals surface area contributed by atoms with Crippen LogP contribution in [-0.2, 0) is 4.79 Å². The average Bonchev–Trinajstić information content (AvgIpc) is 3.33. The summed E-state index contributed by atoms with van der Waals surface area (Å²) in [6.07, 6.45) is 6.56. The van der Waals surface area contributed by atoms with Crippen molar-refractivity contribution in [1.82, 2.24) is 25.0 Å². The number of amides is 1. The van der Waals surface area contributed by atoms with Gasteiger partial charge in [0.1, 0.15) is 11.9 Å². The van der Waals surface area contributed by atoms with Gasteiger partial charge in [-0.3, -0.25) is 14.4 Å². The maximum atomic E-state index is 14.0. The van der Waals surface area contributed by atoms with Crippen LogP contribution in [0.5, 0.6) is 5.75 Å². The van der Waals surface area contributed by atoms with Crippen molar-refractivity contribution in [3.63, 3.8) is 0 Å². The van der Waals surface area contributed by atoms with Gasteiger partial charge < -0.3 is 15.8 Å². The van der Waals surface area contributed by atoms with Crippen molar-refractivity contribution in [3.8, 4) is 16.9 Å². The second-order valence-corrected chi connectivity index (χ2v) is 10.3. The Morgan fingerprint density at radius 2 is 1.95 bits per heavy atom. The van der Waals surface area contributed by atoms with Gasteiger partial charge in [0.05, 0.1) is 23.8 Å². The van der Waals surface area contributed by atoms with Crippen molar-refractivity contribution in [2.45, 2.75) is 51.8 Å². The number of hydrogen-bond acceptors (Lipinski definition) is 6. The molecule has 0 radical (unpaired) electrons. The lowest BCUT2D eigenvalue weighted by molar-refractivity contribution is -0.123. The molecule has 37 heavy (non-hydrogen) atoms. The van der Waals surface area contributed by atoms with E-state index in [0.29, 0.717) is 22.9 Å². The van der Waals surface area contributed by atoms with Gasteiger partial charge in [0.2, 0.25) is 5.91 Å². The standard InChI is InChI=1S/C26H31Cl2FN6O2/c1-15(2)33-23(36)14-34-8-6-19(7-9-34)35-13-18(12-32-35)17-10-22(26(30)31-11-17)37-16(3)24-20(27)4-5-21(29)25(24)28/h4-5,10-13,15-16,19H,6-9,14H2,1-3H3,(H2,30,31)(H,33,36). The first-order chi connectivity index (χ1) is 17.6. The minimum atomic E-state index is -0.662. The Hall–Kier alpha value is -2.88. The van der Waals surface area contributed by atoms with Crippen molar-refractivity contribution in [2.24, 2.45) is 0 Å². The molecule has 0 spiro atoms. The predicted octanol–water partition coefficient (Wildman–Crippen LogP) is 5.27. The van der Waals surface area contributed by atoms with E-state index in [1.54, 1.807) is 25.4 Å². The summed E-state index contributed by atoms with van der Waals surface area (Å²) in [7, 11) is 0. The zero-order valence-corrected chi connectivity index (χ0v) is 22.6. The van der Waals surface area contributed by atoms with Crippen molar-refractivity contribution in [2.75, 3.05) is 25.4 Å². The van der Waals surface area contributed by atoms with E-state index in [1.165, 1.54) is 12.1 Å². The summed E-state index contributed by atoms with van der Waals surface area (Å²) in [4.78, 5) is 18.5. The SMILES string of the molecule is CC(C)NC(=O)CN1CCC(n2cc(-c3cnc(N)c(OC(C)c4c(Cl)ccc(F)c4Cl)c3)cn2)CC1. The summed E-state index contributed by atoms with van der Waals surface area (Å²) >= 11 is 12.4. The third kappa shape index (κ3) is 6.52. The molecule has 4 rings (SSSR count). The number of piperidine rings is 1. The number of nitrogen functional groups attached to an aromatic ring is 1. The Morgan fingerprint density at radius 3 is 2.65 bits per heavy atom. The van der Waals surface area contributed by atoms with Gasteiger partial charge in [-0.1, -0.05) is 23.2 Å². The van der Waals surface area contributed by atoms with Gasteiger partial charge >= 0.3 is 0 Å². The van der Waals surface area contributed by atoms with Crippen molar-refractivity contribution in [1.29, 1.82) is 0 Å². The fourth-order valence-electron chi connectivity index (χ4n) is 4.47. The number of carbonyl (C=O) groups is 1. The molecule has 0 bridgehead atoms. The molecule has 1 aliphatic rings. The fraction of sp³-hybridized carbons (Fsp3) is 0.423. The van der Waals surface area contributed by atoms with Crippen LogP contribution < -0.4 is 15.8 Å². The first kappa shape index (κ1) is 27.2. The van der Waals surface area contributed by atoms with Gasteiger partial charge in [-0.15, -0.1) is 0 Å². The summed E-state index contributed by atoms with van der Waals surface area (Å²) < 4.78 is 22.0. The molecule has 0 saturated carbocycles. The van der Waals surface area contributed by atoms with E-state index in [-0.39, 0.29) is 28.8 Å². The van der Waals surface area contributed by atoms with Crippen LogP contribution in [0.15, 0.2) is 36.8 Å². The Labute approximate surface area is 225 Å². The lowest BCUT2D eigenvalue weighted by atomic mass is 10.1. The number of anilines is 1. The largest absolute Gasteiger partial charge is 0.482 e. The number of benzene rings is 1. The van der Waals surface area contributed by atoms with Gasteiger partial charge in [0.15, 0.2) is 11.6 Å². The third-order valence-corrected chi connectivity index (χ3v) is 7.07. The molecule has 3 heterocycles. The lowest BCUT2D eigenvalue weighted by Gasteiger charge is -2.31. The molecular formula is C26H31Cl2FN6O2. The highest BCUT2D eigenvalue weighted by Gasteiger charge is 2.24. The fourth-order valence-corrected chi connectivity index (χ4v) is 5.15. The Morgan fingerprint density at radius 1 is 1.22 bits per heavy atom. The molecule has 8 nitrogen and oxygen atoms in total. The van der Waals surface area contributed by atoms with E-state index in [4.69, 9.17) is 33.7 Å². The quantitative estimate of drug-likeness (QED) is 0.372. The Kier molecular flexibility index (Phi) is 8.56. The summed E-state index contributed by atoms with van der Waals surface area (Å²) in [5.41, 5.74) is 8.05. The number of carbonyl (C=O) groups excluding carboxylic acids is 1. The number of pyridine rings is 1. The number of hydrogen-bond donors (Lipinski definition) is 2. The maximum absolute atomic E-state index is 14.0. The zero-order valence-electron chi connectivity index (χ0n) is 21.0.